The molecule has 0 atom stereocenters. The topological polar surface area (TPSA) is 0 Å². The average molecular weight is 122 g/mol. The summed E-state index contributed by atoms with van der Waals surface area (Å²) < 4.78 is 0. The molecule has 0 saturated carbocycles. The number of rotatable bonds is 0. The number of allylic oxidation sites excluding steroid dienone is 2. The van der Waals surface area contributed by atoms with Crippen LogP contribution < -0.4 is 0 Å². The first-order chi connectivity index (χ1) is 3.00. The molecule has 0 aromatic heterocycles. The van der Waals surface area contributed by atoms with Crippen molar-refractivity contribution < 1.29 is 0 Å². The predicted octanol–water partition coefficient (Wildman–Crippen LogP) is 1.47. The van der Waals surface area contributed by atoms with Crippen molar-refractivity contribution in [2.24, 2.45) is 0 Å². The van der Waals surface area contributed by atoms with E-state index in [2.05, 4.69) is 12.2 Å². The third kappa shape index (κ3) is 3.92. The van der Waals surface area contributed by atoms with Crippen LogP contribution in [0.15, 0.2) is 12.2 Å². The molecule has 0 aromatic rings. The van der Waals surface area contributed by atoms with Gasteiger partial charge in [-0.2, -0.15) is 0 Å². The zero-order chi connectivity index (χ0) is 4.24. The molecule has 0 bridgehead atoms. The standard InChI is InChI=1S/C6H10.K.H/c1-2-4-6-5-3-1;;/h1-2H,3-6H2;;. The Kier molecular flexibility index (Phi) is 6.60. The fraction of sp³-hybridized carbons (Fsp3) is 0.667. The van der Waals surface area contributed by atoms with Gasteiger partial charge in [-0.15, -0.1) is 0 Å². The van der Waals surface area contributed by atoms with Gasteiger partial charge in [0.15, 0.2) is 0 Å². The zero-order valence-electron chi connectivity index (χ0n) is 3.98. The van der Waals surface area contributed by atoms with Crippen molar-refractivity contribution in [2.45, 2.75) is 25.7 Å². The van der Waals surface area contributed by atoms with Gasteiger partial charge in [0.2, 0.25) is 0 Å². The van der Waals surface area contributed by atoms with Crippen LogP contribution in [0.5, 0.6) is 0 Å². The Morgan fingerprint density at radius 1 is 0.857 bits per heavy atom. The van der Waals surface area contributed by atoms with E-state index in [1.54, 1.807) is 0 Å². The molecule has 0 spiro atoms. The van der Waals surface area contributed by atoms with E-state index in [-0.39, 0.29) is 51.4 Å². The zero-order valence-corrected chi connectivity index (χ0v) is 3.98. The van der Waals surface area contributed by atoms with E-state index in [9.17, 15) is 0 Å². The molecule has 7 heavy (non-hydrogen) atoms. The molecule has 0 aliphatic heterocycles. The summed E-state index contributed by atoms with van der Waals surface area (Å²) in [6.07, 6.45) is 10.0. The van der Waals surface area contributed by atoms with Gasteiger partial charge in [-0.3, -0.25) is 0 Å². The minimum atomic E-state index is 0. The normalized spacial score (nSPS) is 18.3. The summed E-state index contributed by atoms with van der Waals surface area (Å²) in [7, 11) is 0. The minimum absolute atomic E-state index is 0. The molecule has 0 N–H and O–H groups in total. The van der Waals surface area contributed by atoms with Crippen LogP contribution in [0.2, 0.25) is 0 Å². The number of hydrogen-bond acceptors (Lipinski definition) is 0. The Balaban J connectivity index is 0.000000360. The summed E-state index contributed by atoms with van der Waals surface area (Å²) in [6.45, 7) is 0. The summed E-state index contributed by atoms with van der Waals surface area (Å²) in [5.74, 6) is 0. The van der Waals surface area contributed by atoms with Crippen molar-refractivity contribution in [1.82, 2.24) is 0 Å². The fourth-order valence-electron chi connectivity index (χ4n) is 0.760. The molecular formula is C6H11K. The Labute approximate surface area is 87.8 Å². The van der Waals surface area contributed by atoms with Gasteiger partial charge in [-0.1, -0.05) is 12.2 Å². The molecule has 0 saturated heterocycles. The fourth-order valence-corrected chi connectivity index (χ4v) is 0.760. The average Bonchev–Trinajstić information content (AvgIpc) is 1.72. The van der Waals surface area contributed by atoms with Gasteiger partial charge in [0.1, 0.15) is 0 Å². The maximum atomic E-state index is 2.27. The van der Waals surface area contributed by atoms with Gasteiger partial charge in [0.25, 0.3) is 0 Å². The van der Waals surface area contributed by atoms with Gasteiger partial charge in [-0.25, -0.2) is 0 Å². The molecule has 1 aliphatic rings. The molecule has 36 valence electrons. The van der Waals surface area contributed by atoms with Crippen molar-refractivity contribution in [2.75, 3.05) is 0 Å². The maximum absolute atomic E-state index is 2.27. The van der Waals surface area contributed by atoms with Gasteiger partial charge in [-0.05, 0) is 25.7 Å². The van der Waals surface area contributed by atoms with E-state index in [4.69, 9.17) is 0 Å². The molecular weight excluding hydrogens is 111 g/mol. The van der Waals surface area contributed by atoms with Crippen LogP contribution in [-0.4, -0.2) is 51.4 Å². The van der Waals surface area contributed by atoms with Gasteiger partial charge < -0.3 is 0 Å². The molecule has 0 fully saturated rings. The van der Waals surface area contributed by atoms with E-state index in [0.29, 0.717) is 0 Å². The third-order valence-electron chi connectivity index (χ3n) is 1.16. The van der Waals surface area contributed by atoms with Crippen LogP contribution in [0.25, 0.3) is 0 Å². The first kappa shape index (κ1) is 8.38. The molecule has 0 amide bonds. The predicted molar refractivity (Wildman–Crippen MR) is 34.8 cm³/mol. The second-order valence-electron chi connectivity index (χ2n) is 1.76. The van der Waals surface area contributed by atoms with Crippen molar-refractivity contribution in [1.29, 1.82) is 0 Å². The van der Waals surface area contributed by atoms with Crippen LogP contribution in [0.1, 0.15) is 25.7 Å². The second-order valence-corrected chi connectivity index (χ2v) is 1.76. The van der Waals surface area contributed by atoms with Gasteiger partial charge in [0.05, 0.1) is 0 Å². The molecule has 0 radical (unpaired) electrons. The molecule has 0 unspecified atom stereocenters. The Morgan fingerprint density at radius 3 is 1.43 bits per heavy atom. The van der Waals surface area contributed by atoms with Crippen molar-refractivity contribution in [3.63, 3.8) is 0 Å². The summed E-state index contributed by atoms with van der Waals surface area (Å²) in [5, 5.41) is 0. The van der Waals surface area contributed by atoms with Crippen molar-refractivity contribution >= 4 is 51.4 Å². The first-order valence-electron chi connectivity index (χ1n) is 2.65. The molecule has 1 aliphatic carbocycles. The summed E-state index contributed by atoms with van der Waals surface area (Å²) >= 11 is 0. The Morgan fingerprint density at radius 2 is 1.29 bits per heavy atom. The van der Waals surface area contributed by atoms with Gasteiger partial charge in [0, 0.05) is 0 Å². The van der Waals surface area contributed by atoms with E-state index < -0.39 is 0 Å². The SMILES string of the molecule is C1=CCCCC1.[KH]. The Bertz CT molecular complexity index is 49.2. The quantitative estimate of drug-likeness (QED) is 0.337. The van der Waals surface area contributed by atoms with Crippen LogP contribution in [0.3, 0.4) is 0 Å². The van der Waals surface area contributed by atoms with Crippen molar-refractivity contribution in [3.8, 4) is 0 Å². The summed E-state index contributed by atoms with van der Waals surface area (Å²) in [6, 6.07) is 0. The molecule has 0 nitrogen and oxygen atoms in total. The molecule has 0 aromatic carbocycles. The summed E-state index contributed by atoms with van der Waals surface area (Å²) in [5.41, 5.74) is 0. The second kappa shape index (κ2) is 5.51. The van der Waals surface area contributed by atoms with Crippen LogP contribution in [0.4, 0.5) is 0 Å². The van der Waals surface area contributed by atoms with Gasteiger partial charge >= 0.3 is 51.4 Å². The summed E-state index contributed by atoms with van der Waals surface area (Å²) in [4.78, 5) is 0. The van der Waals surface area contributed by atoms with E-state index in [1.165, 1.54) is 25.7 Å². The molecule has 1 rings (SSSR count). The molecule has 0 heterocycles. The molecule has 1 heteroatoms. The van der Waals surface area contributed by atoms with E-state index >= 15 is 0 Å². The van der Waals surface area contributed by atoms with Crippen LogP contribution >= 0.6 is 0 Å². The van der Waals surface area contributed by atoms with E-state index in [1.807, 2.05) is 0 Å². The van der Waals surface area contributed by atoms with Crippen molar-refractivity contribution in [3.05, 3.63) is 12.2 Å². The first-order valence-corrected chi connectivity index (χ1v) is 2.65. The Hall–Kier alpha value is 1.38. The third-order valence-corrected chi connectivity index (χ3v) is 1.16. The number of hydrogen-bond donors (Lipinski definition) is 0. The monoisotopic (exact) mass is 122 g/mol. The van der Waals surface area contributed by atoms with Crippen LogP contribution in [0, 0.1) is 0 Å². The van der Waals surface area contributed by atoms with Crippen LogP contribution in [-0.2, 0) is 0 Å². The van der Waals surface area contributed by atoms with E-state index in [0.717, 1.165) is 0 Å².